The highest BCUT2D eigenvalue weighted by Gasteiger charge is 2.34. The van der Waals surface area contributed by atoms with Gasteiger partial charge in [0.1, 0.15) is 0 Å². The van der Waals surface area contributed by atoms with Gasteiger partial charge in [0.05, 0.1) is 0 Å². The molecule has 1 aliphatic rings. The highest BCUT2D eigenvalue weighted by Crippen LogP contribution is 2.27. The number of rotatable bonds is 5. The van der Waals surface area contributed by atoms with Crippen LogP contribution in [0.4, 0.5) is 0 Å². The first-order valence-electron chi connectivity index (χ1n) is 7.08. The molecule has 98 valence electrons. The van der Waals surface area contributed by atoms with Gasteiger partial charge in [-0.1, -0.05) is 20.8 Å². The molecule has 0 aromatic carbocycles. The van der Waals surface area contributed by atoms with Crippen LogP contribution in [0.2, 0.25) is 0 Å². The molecule has 1 aliphatic heterocycles. The Kier molecular flexibility index (Phi) is 6.02. The van der Waals surface area contributed by atoms with Crippen molar-refractivity contribution in [1.29, 1.82) is 0 Å². The first-order chi connectivity index (χ1) is 8.15. The van der Waals surface area contributed by atoms with E-state index in [0.29, 0.717) is 24.0 Å². The molecule has 1 saturated heterocycles. The van der Waals surface area contributed by atoms with Gasteiger partial charge in [0.2, 0.25) is 0 Å². The normalized spacial score (nSPS) is 32.1. The lowest BCUT2D eigenvalue weighted by Crippen LogP contribution is -2.56. The van der Waals surface area contributed by atoms with Gasteiger partial charge < -0.3 is 5.32 Å². The fourth-order valence-electron chi connectivity index (χ4n) is 3.09. The van der Waals surface area contributed by atoms with Crippen LogP contribution in [0.5, 0.6) is 0 Å². The van der Waals surface area contributed by atoms with E-state index >= 15 is 0 Å². The fraction of sp³-hybridized carbons (Fsp3) is 0.867. The van der Waals surface area contributed by atoms with Crippen molar-refractivity contribution in [3.8, 4) is 12.3 Å². The molecule has 2 nitrogen and oxygen atoms in total. The molecule has 0 saturated carbocycles. The largest absolute Gasteiger partial charge is 0.314 e. The molecule has 0 aliphatic carbocycles. The Bertz CT molecular complexity index is 256. The second-order valence-electron chi connectivity index (χ2n) is 5.26. The van der Waals surface area contributed by atoms with Gasteiger partial charge in [-0.15, -0.1) is 12.3 Å². The summed E-state index contributed by atoms with van der Waals surface area (Å²) in [6.07, 6.45) is 8.78. The van der Waals surface area contributed by atoms with Gasteiger partial charge in [0.15, 0.2) is 0 Å². The Morgan fingerprint density at radius 2 is 2.12 bits per heavy atom. The fourth-order valence-corrected chi connectivity index (χ4v) is 3.09. The van der Waals surface area contributed by atoms with Crippen molar-refractivity contribution in [1.82, 2.24) is 10.2 Å². The average Bonchev–Trinajstić information content (AvgIpc) is 2.33. The van der Waals surface area contributed by atoms with Crippen molar-refractivity contribution in [2.24, 2.45) is 5.92 Å². The van der Waals surface area contributed by atoms with Crippen LogP contribution in [0.15, 0.2) is 0 Å². The van der Waals surface area contributed by atoms with Crippen LogP contribution in [-0.2, 0) is 0 Å². The molecule has 0 spiro atoms. The molecule has 0 aromatic heterocycles. The van der Waals surface area contributed by atoms with Crippen LogP contribution in [0.25, 0.3) is 0 Å². The Labute approximate surface area is 107 Å². The molecule has 0 amide bonds. The quantitative estimate of drug-likeness (QED) is 0.738. The molecule has 1 fully saturated rings. The number of likely N-dealkylation sites (tertiary alicyclic amines) is 1. The summed E-state index contributed by atoms with van der Waals surface area (Å²) in [5.41, 5.74) is 0. The van der Waals surface area contributed by atoms with Crippen molar-refractivity contribution in [3.63, 3.8) is 0 Å². The van der Waals surface area contributed by atoms with Gasteiger partial charge >= 0.3 is 0 Å². The first kappa shape index (κ1) is 14.5. The zero-order chi connectivity index (χ0) is 12.8. The van der Waals surface area contributed by atoms with Gasteiger partial charge in [-0.3, -0.25) is 4.90 Å². The minimum atomic E-state index is 0.569. The van der Waals surface area contributed by atoms with Crippen molar-refractivity contribution >= 4 is 0 Å². The topological polar surface area (TPSA) is 15.3 Å². The average molecular weight is 236 g/mol. The molecule has 2 heteroatoms. The summed E-state index contributed by atoms with van der Waals surface area (Å²) in [7, 11) is 0. The van der Waals surface area contributed by atoms with Gasteiger partial charge in [-0.2, -0.15) is 0 Å². The van der Waals surface area contributed by atoms with Crippen molar-refractivity contribution in [2.75, 3.05) is 13.1 Å². The molecule has 1 heterocycles. The minimum absolute atomic E-state index is 0.569. The molecule has 0 bridgehead atoms. The summed E-state index contributed by atoms with van der Waals surface area (Å²) in [6, 6.07) is 1.88. The van der Waals surface area contributed by atoms with Crippen molar-refractivity contribution in [3.05, 3.63) is 0 Å². The van der Waals surface area contributed by atoms with Gasteiger partial charge in [0, 0.05) is 31.1 Å². The Morgan fingerprint density at radius 3 is 2.65 bits per heavy atom. The SMILES string of the molecule is C#CCC(CC)N1CCC(NCC)C(C)C1C. The molecule has 1 N–H and O–H groups in total. The van der Waals surface area contributed by atoms with E-state index < -0.39 is 0 Å². The molecule has 4 unspecified atom stereocenters. The Balaban J connectivity index is 2.63. The molecule has 1 rings (SSSR count). The number of hydrogen-bond acceptors (Lipinski definition) is 2. The Hall–Kier alpha value is -0.520. The monoisotopic (exact) mass is 236 g/mol. The zero-order valence-electron chi connectivity index (χ0n) is 11.9. The maximum atomic E-state index is 5.48. The van der Waals surface area contributed by atoms with Gasteiger partial charge in [-0.05, 0) is 32.2 Å². The van der Waals surface area contributed by atoms with E-state index in [0.717, 1.165) is 19.4 Å². The van der Waals surface area contributed by atoms with E-state index in [-0.39, 0.29) is 0 Å². The van der Waals surface area contributed by atoms with Crippen LogP contribution in [0, 0.1) is 18.3 Å². The summed E-state index contributed by atoms with van der Waals surface area (Å²) >= 11 is 0. The van der Waals surface area contributed by atoms with Gasteiger partial charge in [0.25, 0.3) is 0 Å². The lowest BCUT2D eigenvalue weighted by atomic mass is 9.85. The molecular formula is C15H28N2. The molecule has 4 atom stereocenters. The van der Waals surface area contributed by atoms with E-state index in [1.807, 2.05) is 0 Å². The summed E-state index contributed by atoms with van der Waals surface area (Å²) in [6.45, 7) is 11.4. The lowest BCUT2D eigenvalue weighted by molar-refractivity contribution is 0.0470. The molecule has 0 aromatic rings. The number of hydrogen-bond donors (Lipinski definition) is 1. The van der Waals surface area contributed by atoms with E-state index in [2.05, 4.69) is 43.8 Å². The zero-order valence-corrected chi connectivity index (χ0v) is 11.9. The maximum Gasteiger partial charge on any atom is 0.0242 e. The smallest absolute Gasteiger partial charge is 0.0242 e. The minimum Gasteiger partial charge on any atom is -0.314 e. The number of nitrogens with one attached hydrogen (secondary N) is 1. The third-order valence-corrected chi connectivity index (χ3v) is 4.38. The second kappa shape index (κ2) is 7.03. The van der Waals surface area contributed by atoms with Crippen molar-refractivity contribution in [2.45, 2.75) is 65.1 Å². The number of nitrogens with zero attached hydrogens (tertiary/aromatic N) is 1. The number of terminal acetylenes is 1. The van der Waals surface area contributed by atoms with Crippen molar-refractivity contribution < 1.29 is 0 Å². The summed E-state index contributed by atoms with van der Waals surface area (Å²) in [5.74, 6) is 3.53. The highest BCUT2D eigenvalue weighted by atomic mass is 15.2. The highest BCUT2D eigenvalue weighted by molar-refractivity contribution is 4.96. The van der Waals surface area contributed by atoms with Crippen LogP contribution < -0.4 is 5.32 Å². The van der Waals surface area contributed by atoms with Crippen LogP contribution in [0.1, 0.15) is 47.0 Å². The number of piperidine rings is 1. The molecule has 17 heavy (non-hydrogen) atoms. The molecule has 0 radical (unpaired) electrons. The Morgan fingerprint density at radius 1 is 1.41 bits per heavy atom. The van der Waals surface area contributed by atoms with E-state index in [4.69, 9.17) is 6.42 Å². The van der Waals surface area contributed by atoms with Gasteiger partial charge in [-0.25, -0.2) is 0 Å². The van der Waals surface area contributed by atoms with Crippen LogP contribution in [-0.4, -0.2) is 36.1 Å². The lowest BCUT2D eigenvalue weighted by Gasteiger charge is -2.46. The summed E-state index contributed by atoms with van der Waals surface area (Å²) in [5, 5.41) is 3.61. The predicted molar refractivity (Wildman–Crippen MR) is 74.9 cm³/mol. The van der Waals surface area contributed by atoms with Crippen LogP contribution in [0.3, 0.4) is 0 Å². The predicted octanol–water partition coefficient (Wildman–Crippen LogP) is 2.50. The van der Waals surface area contributed by atoms with E-state index in [1.54, 1.807) is 0 Å². The van der Waals surface area contributed by atoms with E-state index in [9.17, 15) is 0 Å². The third kappa shape index (κ3) is 3.47. The van der Waals surface area contributed by atoms with Crippen LogP contribution >= 0.6 is 0 Å². The summed E-state index contributed by atoms with van der Waals surface area (Å²) in [4.78, 5) is 2.62. The second-order valence-corrected chi connectivity index (χ2v) is 5.26. The standard InChI is InChI=1S/C15H28N2/c1-6-9-14(7-2)17-11-10-15(16-8-3)12(4)13(17)5/h1,12-16H,7-11H2,2-5H3. The van der Waals surface area contributed by atoms with E-state index in [1.165, 1.54) is 13.0 Å². The first-order valence-corrected chi connectivity index (χ1v) is 7.08. The molecular weight excluding hydrogens is 208 g/mol. The third-order valence-electron chi connectivity index (χ3n) is 4.38. The summed E-state index contributed by atoms with van der Waals surface area (Å²) < 4.78 is 0. The maximum absolute atomic E-state index is 5.48.